The summed E-state index contributed by atoms with van der Waals surface area (Å²) in [5, 5.41) is 10.7. The van der Waals surface area contributed by atoms with Gasteiger partial charge in [-0.3, -0.25) is 9.59 Å². The molecule has 4 heterocycles. The highest BCUT2D eigenvalue weighted by Crippen LogP contribution is 2.46. The maximum absolute atomic E-state index is 16.8. The zero-order valence-electron chi connectivity index (χ0n) is 22.9. The predicted molar refractivity (Wildman–Crippen MR) is 154 cm³/mol. The first-order chi connectivity index (χ1) is 19.6. The van der Waals surface area contributed by atoms with Crippen LogP contribution in [0.1, 0.15) is 19.8 Å². The van der Waals surface area contributed by atoms with E-state index in [-0.39, 0.29) is 64.6 Å². The summed E-state index contributed by atoms with van der Waals surface area (Å²) < 4.78 is 39.3. The normalized spacial score (nSPS) is 22.4. The number of pyridine rings is 1. The van der Waals surface area contributed by atoms with E-state index in [1.807, 2.05) is 18.9 Å². The number of nitrogens with zero attached hydrogens (tertiary/aromatic N) is 4. The molecule has 1 N–H and O–H groups in total. The van der Waals surface area contributed by atoms with E-state index >= 15 is 4.39 Å². The van der Waals surface area contributed by atoms with Crippen molar-refractivity contribution >= 4 is 34.1 Å². The van der Waals surface area contributed by atoms with E-state index in [0.29, 0.717) is 24.2 Å². The second kappa shape index (κ2) is 10.3. The highest BCUT2D eigenvalue weighted by atomic mass is 35.5. The van der Waals surface area contributed by atoms with Gasteiger partial charge in [0.1, 0.15) is 18.2 Å². The number of fused-ring (bicyclic) bond motifs is 5. The summed E-state index contributed by atoms with van der Waals surface area (Å²) in [6, 6.07) is 4.69. The number of likely N-dealkylation sites (N-methyl/N-ethyl adjacent to an activating group) is 1. The molecule has 1 aromatic heterocycles. The lowest BCUT2D eigenvalue weighted by molar-refractivity contribution is -0.129. The van der Waals surface area contributed by atoms with E-state index in [0.717, 1.165) is 25.5 Å². The van der Waals surface area contributed by atoms with Gasteiger partial charge < -0.3 is 29.1 Å². The number of anilines is 1. The Morgan fingerprint density at radius 2 is 2.05 bits per heavy atom. The van der Waals surface area contributed by atoms with Crippen LogP contribution in [0.15, 0.2) is 41.7 Å². The number of phenolic OH excluding ortho intramolecular Hbond substituents is 1. The number of likely N-dealkylation sites (tertiary alicyclic amines) is 1. The van der Waals surface area contributed by atoms with Gasteiger partial charge in [0, 0.05) is 42.7 Å². The minimum atomic E-state index is -0.899. The molecule has 11 heteroatoms. The topological polar surface area (TPSA) is 78.2 Å². The Morgan fingerprint density at radius 3 is 2.73 bits per heavy atom. The van der Waals surface area contributed by atoms with Crippen molar-refractivity contribution in [2.24, 2.45) is 0 Å². The SMILES string of the molecule is C=CC(=O)N1C[C@@H]2COc3c(c4cc(Cl)c(-c5c(O)cccc5F)c(F)c4n(C[C@@H]4CCCN4C)c3=O)N2C[C@H]1C. The fraction of sp³-hybridized carbons (Fsp3) is 0.400. The van der Waals surface area contributed by atoms with Gasteiger partial charge in [-0.25, -0.2) is 8.78 Å². The lowest BCUT2D eigenvalue weighted by Gasteiger charge is -2.48. The number of piperazine rings is 1. The standard InChI is InChI=1S/C30H31ClF2N4O4/c1-4-23(39)35-14-18-15-41-29-28(36(18)12-16(35)2)19-11-20(31)24(25-21(32)8-5-9-22(25)38)26(33)27(19)37(30(29)40)13-17-7-6-10-34(17)3/h4-5,8-9,11,16-18,38H,1,6-7,10,12-15H2,2-3H3/t16-,17+,18-/m1/s1. The minimum Gasteiger partial charge on any atom is -0.507 e. The average Bonchev–Trinajstić information content (AvgIpc) is 3.35. The van der Waals surface area contributed by atoms with E-state index in [1.165, 1.54) is 28.8 Å². The zero-order chi connectivity index (χ0) is 29.2. The van der Waals surface area contributed by atoms with Gasteiger partial charge in [-0.15, -0.1) is 0 Å². The number of rotatable bonds is 4. The number of carbonyl (C=O) groups is 1. The van der Waals surface area contributed by atoms with Crippen molar-refractivity contribution in [2.45, 2.75) is 44.4 Å². The Labute approximate surface area is 241 Å². The molecular weight excluding hydrogens is 554 g/mol. The largest absolute Gasteiger partial charge is 0.507 e. The maximum Gasteiger partial charge on any atom is 0.295 e. The van der Waals surface area contributed by atoms with Crippen LogP contribution in [-0.2, 0) is 11.3 Å². The molecule has 2 saturated heterocycles. The number of ether oxygens (including phenoxy) is 1. The average molecular weight is 585 g/mol. The number of amides is 1. The summed E-state index contributed by atoms with van der Waals surface area (Å²) in [7, 11) is 1.96. The predicted octanol–water partition coefficient (Wildman–Crippen LogP) is 4.38. The summed E-state index contributed by atoms with van der Waals surface area (Å²) in [5.41, 5.74) is -0.803. The van der Waals surface area contributed by atoms with Gasteiger partial charge in [0.15, 0.2) is 5.82 Å². The first-order valence-corrected chi connectivity index (χ1v) is 14.1. The van der Waals surface area contributed by atoms with E-state index < -0.39 is 22.9 Å². The molecule has 8 nitrogen and oxygen atoms in total. The Balaban J connectivity index is 1.62. The van der Waals surface area contributed by atoms with Crippen LogP contribution in [0.25, 0.3) is 22.0 Å². The van der Waals surface area contributed by atoms with Gasteiger partial charge >= 0.3 is 0 Å². The number of benzene rings is 2. The molecule has 2 aromatic carbocycles. The van der Waals surface area contributed by atoms with Crippen LogP contribution < -0.4 is 15.2 Å². The van der Waals surface area contributed by atoms with E-state index in [2.05, 4.69) is 11.5 Å². The molecule has 0 spiro atoms. The molecule has 3 atom stereocenters. The van der Waals surface area contributed by atoms with Crippen LogP contribution in [0.5, 0.6) is 11.5 Å². The van der Waals surface area contributed by atoms with Crippen molar-refractivity contribution in [3.63, 3.8) is 0 Å². The van der Waals surface area contributed by atoms with Gasteiger partial charge in [0.25, 0.3) is 5.56 Å². The van der Waals surface area contributed by atoms with Crippen molar-refractivity contribution in [1.29, 1.82) is 0 Å². The molecule has 3 aliphatic heterocycles. The van der Waals surface area contributed by atoms with E-state index in [4.69, 9.17) is 16.3 Å². The minimum absolute atomic E-state index is 0.0147. The van der Waals surface area contributed by atoms with Crippen molar-refractivity contribution < 1.29 is 23.4 Å². The van der Waals surface area contributed by atoms with Crippen LogP contribution >= 0.6 is 11.6 Å². The lowest BCUT2D eigenvalue weighted by Crippen LogP contribution is -2.62. The van der Waals surface area contributed by atoms with Crippen molar-refractivity contribution in [1.82, 2.24) is 14.4 Å². The second-order valence-corrected chi connectivity index (χ2v) is 11.5. The molecule has 1 amide bonds. The molecule has 41 heavy (non-hydrogen) atoms. The smallest absolute Gasteiger partial charge is 0.295 e. The third-order valence-corrected chi connectivity index (χ3v) is 8.98. The number of halogens is 3. The molecule has 0 aliphatic carbocycles. The molecule has 2 fully saturated rings. The van der Waals surface area contributed by atoms with Crippen LogP contribution in [0.2, 0.25) is 5.02 Å². The number of hydrogen-bond donors (Lipinski definition) is 1. The van der Waals surface area contributed by atoms with Gasteiger partial charge in [0.05, 0.1) is 27.8 Å². The van der Waals surface area contributed by atoms with Crippen LogP contribution in [0.3, 0.4) is 0 Å². The highest BCUT2D eigenvalue weighted by Gasteiger charge is 2.41. The number of carbonyl (C=O) groups excluding carboxylic acids is 1. The molecule has 3 aromatic rings. The van der Waals surface area contributed by atoms with Crippen molar-refractivity contribution in [2.75, 3.05) is 38.2 Å². The van der Waals surface area contributed by atoms with Crippen LogP contribution in [-0.4, -0.2) is 76.8 Å². The summed E-state index contributed by atoms with van der Waals surface area (Å²) in [6.45, 7) is 7.43. The van der Waals surface area contributed by atoms with Crippen molar-refractivity contribution in [3.8, 4) is 22.6 Å². The Hall–Kier alpha value is -3.63. The molecule has 0 bridgehead atoms. The molecule has 3 aliphatic rings. The molecule has 0 saturated carbocycles. The third-order valence-electron chi connectivity index (χ3n) is 8.68. The Bertz CT molecular complexity index is 1620. The van der Waals surface area contributed by atoms with Gasteiger partial charge in [0.2, 0.25) is 11.7 Å². The fourth-order valence-corrected chi connectivity index (χ4v) is 6.85. The molecule has 0 unspecified atom stereocenters. The quantitative estimate of drug-likeness (QED) is 0.459. The Morgan fingerprint density at radius 1 is 1.27 bits per heavy atom. The van der Waals surface area contributed by atoms with Gasteiger partial charge in [-0.2, -0.15) is 0 Å². The third kappa shape index (κ3) is 4.35. The molecular formula is C30H31ClF2N4O4. The second-order valence-electron chi connectivity index (χ2n) is 11.1. The van der Waals surface area contributed by atoms with Gasteiger partial charge in [-0.05, 0) is 57.6 Å². The first kappa shape index (κ1) is 27.5. The highest BCUT2D eigenvalue weighted by molar-refractivity contribution is 6.34. The fourth-order valence-electron chi connectivity index (χ4n) is 6.56. The molecule has 6 rings (SSSR count). The number of hydrogen-bond acceptors (Lipinski definition) is 6. The zero-order valence-corrected chi connectivity index (χ0v) is 23.6. The lowest BCUT2D eigenvalue weighted by atomic mass is 9.97. The monoisotopic (exact) mass is 584 g/mol. The summed E-state index contributed by atoms with van der Waals surface area (Å²) in [4.78, 5) is 32.4. The van der Waals surface area contributed by atoms with Crippen LogP contribution in [0, 0.1) is 11.6 Å². The van der Waals surface area contributed by atoms with E-state index in [9.17, 15) is 19.1 Å². The number of aromatic hydroxyl groups is 1. The molecule has 216 valence electrons. The van der Waals surface area contributed by atoms with Gasteiger partial charge in [-0.1, -0.05) is 24.2 Å². The summed E-state index contributed by atoms with van der Waals surface area (Å²) >= 11 is 6.67. The first-order valence-electron chi connectivity index (χ1n) is 13.7. The number of phenols is 1. The number of aromatic nitrogens is 1. The van der Waals surface area contributed by atoms with Crippen molar-refractivity contribution in [3.05, 3.63) is 63.9 Å². The van der Waals surface area contributed by atoms with E-state index in [1.54, 1.807) is 4.90 Å². The van der Waals surface area contributed by atoms with Crippen LogP contribution in [0.4, 0.5) is 14.5 Å². The summed E-state index contributed by atoms with van der Waals surface area (Å²) in [6.07, 6.45) is 3.05. The Kier molecular flexibility index (Phi) is 6.94. The maximum atomic E-state index is 16.8. The molecule has 0 radical (unpaired) electrons. The summed E-state index contributed by atoms with van der Waals surface area (Å²) in [5.74, 6) is -2.31.